The summed E-state index contributed by atoms with van der Waals surface area (Å²) in [6.07, 6.45) is 69.9. The van der Waals surface area contributed by atoms with E-state index >= 15 is 0 Å². The zero-order valence-electron chi connectivity index (χ0n) is 53.6. The van der Waals surface area contributed by atoms with E-state index < -0.39 is 11.9 Å². The fourth-order valence-corrected chi connectivity index (χ4v) is 10.9. The number of unbranched alkanes of at least 4 members (excludes halogenated alkanes) is 46. The summed E-state index contributed by atoms with van der Waals surface area (Å²) in [7, 11) is 0. The minimum absolute atomic E-state index is 0. The molecule has 0 aromatic rings. The van der Waals surface area contributed by atoms with Gasteiger partial charge in [0.1, 0.15) is 12.2 Å². The van der Waals surface area contributed by atoms with Gasteiger partial charge in [0.2, 0.25) is 0 Å². The second-order valence-electron chi connectivity index (χ2n) is 24.1. The van der Waals surface area contributed by atoms with E-state index in [2.05, 4.69) is 27.7 Å². The molecular formula is C70H134O8Zn. The van der Waals surface area contributed by atoms with Crippen LogP contribution in [-0.4, -0.2) is 36.1 Å². The average Bonchev–Trinajstić information content (AvgIpc) is 3.41. The van der Waals surface area contributed by atoms with Crippen LogP contribution >= 0.6 is 0 Å². The summed E-state index contributed by atoms with van der Waals surface area (Å²) < 4.78 is 11.8. The predicted molar refractivity (Wildman–Crippen MR) is 329 cm³/mol. The molecule has 0 rings (SSSR count). The molecule has 0 amide bonds. The smallest absolute Gasteiger partial charge is 0.550 e. The van der Waals surface area contributed by atoms with Gasteiger partial charge in [-0.2, -0.15) is 0 Å². The minimum atomic E-state index is -0.971. The van der Waals surface area contributed by atoms with Gasteiger partial charge >= 0.3 is 31.4 Å². The number of ether oxygens (including phenoxy) is 2. The Hall–Kier alpha value is -1.50. The fourth-order valence-electron chi connectivity index (χ4n) is 10.9. The molecule has 0 fully saturated rings. The number of rotatable bonds is 64. The Labute approximate surface area is 504 Å². The summed E-state index contributed by atoms with van der Waals surface area (Å²) in [5.74, 6) is -2.02. The maximum absolute atomic E-state index is 12.5. The van der Waals surface area contributed by atoms with E-state index in [0.717, 1.165) is 89.9 Å². The molecule has 0 aliphatic heterocycles. The van der Waals surface area contributed by atoms with Crippen LogP contribution in [0.25, 0.3) is 0 Å². The van der Waals surface area contributed by atoms with Crippen LogP contribution in [0, 0.1) is 0 Å². The molecule has 8 nitrogen and oxygen atoms in total. The summed E-state index contributed by atoms with van der Waals surface area (Å²) in [4.78, 5) is 46.3. The normalized spacial score (nSPS) is 11.9. The number of aliphatic carboxylic acids is 2. The van der Waals surface area contributed by atoms with Gasteiger partial charge in [0.05, 0.1) is 0 Å². The zero-order valence-corrected chi connectivity index (χ0v) is 56.5. The van der Waals surface area contributed by atoms with Crippen molar-refractivity contribution in [1.29, 1.82) is 0 Å². The Morgan fingerprint density at radius 1 is 0.241 bits per heavy atom. The molecule has 0 aromatic heterocycles. The second kappa shape index (κ2) is 70.8. The number of carboxylic acids is 2. The molecule has 79 heavy (non-hydrogen) atoms. The van der Waals surface area contributed by atoms with E-state index in [0.29, 0.717) is 25.7 Å². The van der Waals surface area contributed by atoms with Crippen molar-refractivity contribution in [3.05, 3.63) is 0 Å². The third-order valence-corrected chi connectivity index (χ3v) is 16.1. The van der Waals surface area contributed by atoms with E-state index in [4.69, 9.17) is 9.47 Å². The van der Waals surface area contributed by atoms with Gasteiger partial charge in [0.25, 0.3) is 0 Å². The van der Waals surface area contributed by atoms with Gasteiger partial charge < -0.3 is 29.3 Å². The van der Waals surface area contributed by atoms with Crippen molar-refractivity contribution >= 4 is 23.9 Å². The minimum Gasteiger partial charge on any atom is -0.550 e. The summed E-state index contributed by atoms with van der Waals surface area (Å²) in [5.41, 5.74) is 0. The van der Waals surface area contributed by atoms with Gasteiger partial charge in [-0.05, 0) is 89.9 Å². The van der Waals surface area contributed by atoms with Crippen molar-refractivity contribution < 1.29 is 58.3 Å². The van der Waals surface area contributed by atoms with Crippen molar-refractivity contribution in [2.45, 2.75) is 425 Å². The molecule has 0 aliphatic rings. The molecule has 2 unspecified atom stereocenters. The van der Waals surface area contributed by atoms with E-state index in [-0.39, 0.29) is 56.5 Å². The Morgan fingerprint density at radius 2 is 0.392 bits per heavy atom. The third kappa shape index (κ3) is 72.6. The van der Waals surface area contributed by atoms with Crippen LogP contribution in [0.5, 0.6) is 0 Å². The average molecular weight is 1170 g/mol. The Morgan fingerprint density at radius 3 is 0.582 bits per heavy atom. The number of esters is 2. The molecule has 0 spiro atoms. The van der Waals surface area contributed by atoms with Crippen molar-refractivity contribution in [2.75, 3.05) is 0 Å². The molecule has 0 heterocycles. The van der Waals surface area contributed by atoms with Gasteiger partial charge in [-0.15, -0.1) is 0 Å². The van der Waals surface area contributed by atoms with E-state index in [9.17, 15) is 29.4 Å². The van der Waals surface area contributed by atoms with Gasteiger partial charge in [-0.3, -0.25) is 9.59 Å². The molecule has 0 saturated carbocycles. The standard InChI is InChI=1S/2C35H68O4.Zn/c2*1-3-5-7-9-11-13-14-15-16-17-19-21-23-28-32-35(38)39-33(30-26-24-27-31-34(36)37)29-25-22-20-18-12-10-8-6-4-2;/h2*33H,3-32H2,1-2H3,(H,36,37);/q;;+2/p-2. The summed E-state index contributed by atoms with van der Waals surface area (Å²) in [6.45, 7) is 9.06. The van der Waals surface area contributed by atoms with Crippen LogP contribution in [0.4, 0.5) is 0 Å². The number of carboxylic acid groups (broad SMARTS) is 2. The van der Waals surface area contributed by atoms with E-state index in [1.54, 1.807) is 0 Å². The first-order chi connectivity index (χ1) is 38.2. The molecule has 464 valence electrons. The molecule has 0 aliphatic carbocycles. The monoisotopic (exact) mass is 1170 g/mol. The topological polar surface area (TPSA) is 133 Å². The molecule has 0 bridgehead atoms. The third-order valence-electron chi connectivity index (χ3n) is 16.1. The van der Waals surface area contributed by atoms with Crippen LogP contribution in [0.3, 0.4) is 0 Å². The van der Waals surface area contributed by atoms with Crippen molar-refractivity contribution in [1.82, 2.24) is 0 Å². The summed E-state index contributed by atoms with van der Waals surface area (Å²) in [6, 6.07) is 0. The first-order valence-electron chi connectivity index (χ1n) is 35.0. The van der Waals surface area contributed by atoms with Crippen LogP contribution in [-0.2, 0) is 48.1 Å². The number of carbonyl (C=O) groups is 4. The van der Waals surface area contributed by atoms with Crippen molar-refractivity contribution in [3.8, 4) is 0 Å². The molecule has 0 radical (unpaired) electrons. The number of hydrogen-bond acceptors (Lipinski definition) is 8. The quantitative estimate of drug-likeness (QED) is 0.0334. The van der Waals surface area contributed by atoms with Gasteiger partial charge in [0, 0.05) is 24.8 Å². The molecule has 0 saturated heterocycles. The van der Waals surface area contributed by atoms with E-state index in [1.165, 1.54) is 257 Å². The summed E-state index contributed by atoms with van der Waals surface area (Å²) >= 11 is 0. The van der Waals surface area contributed by atoms with E-state index in [1.807, 2.05) is 0 Å². The van der Waals surface area contributed by atoms with Gasteiger partial charge in [-0.1, -0.05) is 310 Å². The fraction of sp³-hybridized carbons (Fsp3) is 0.943. The maximum Gasteiger partial charge on any atom is 2.00 e. The number of carbonyl (C=O) groups excluding carboxylic acids is 4. The van der Waals surface area contributed by atoms with Gasteiger partial charge in [0.15, 0.2) is 0 Å². The molecular weight excluding hydrogens is 1030 g/mol. The molecule has 0 aromatic carbocycles. The predicted octanol–water partition coefficient (Wildman–Crippen LogP) is 20.8. The molecule has 0 N–H and O–H groups in total. The van der Waals surface area contributed by atoms with Crippen LogP contribution < -0.4 is 10.2 Å². The zero-order chi connectivity index (χ0) is 57.3. The summed E-state index contributed by atoms with van der Waals surface area (Å²) in [5, 5.41) is 21.3. The maximum atomic E-state index is 12.5. The largest absolute Gasteiger partial charge is 2.00 e. The van der Waals surface area contributed by atoms with Crippen LogP contribution in [0.1, 0.15) is 413 Å². The number of hydrogen-bond donors (Lipinski definition) is 0. The van der Waals surface area contributed by atoms with Crippen molar-refractivity contribution in [3.63, 3.8) is 0 Å². The Balaban J connectivity index is -0.00000144. The SMILES string of the molecule is CCCCCCCCCCCCCCCCC(=O)OC(CCCCCCCCCCC)CCCCCC(=O)[O-].CCCCCCCCCCCCCCCCC(=O)OC(CCCCCCCCCCC)CCCCCC(=O)[O-].[Zn+2]. The van der Waals surface area contributed by atoms with Crippen LogP contribution in [0.15, 0.2) is 0 Å². The first-order valence-corrected chi connectivity index (χ1v) is 35.0. The molecule has 9 heteroatoms. The molecule has 2 atom stereocenters. The van der Waals surface area contributed by atoms with Crippen LogP contribution in [0.2, 0.25) is 0 Å². The second-order valence-corrected chi connectivity index (χ2v) is 24.1. The first kappa shape index (κ1) is 81.7. The Bertz CT molecular complexity index is 1140. The Kier molecular flexibility index (Phi) is 73.2. The van der Waals surface area contributed by atoms with Crippen molar-refractivity contribution in [2.24, 2.45) is 0 Å². The van der Waals surface area contributed by atoms with Gasteiger partial charge in [-0.25, -0.2) is 0 Å².